The van der Waals surface area contributed by atoms with Crippen LogP contribution in [0.1, 0.15) is 12.5 Å². The molecule has 1 atom stereocenters. The lowest BCUT2D eigenvalue weighted by Crippen LogP contribution is -2.44. The summed E-state index contributed by atoms with van der Waals surface area (Å²) in [6.07, 6.45) is 0.831. The van der Waals surface area contributed by atoms with Crippen LogP contribution >= 0.6 is 0 Å². The van der Waals surface area contributed by atoms with Crippen LogP contribution in [0.5, 0.6) is 0 Å². The minimum Gasteiger partial charge on any atom is -0.313 e. The van der Waals surface area contributed by atoms with Gasteiger partial charge < -0.3 is 9.80 Å². The van der Waals surface area contributed by atoms with Gasteiger partial charge in [-0.15, -0.1) is 0 Å². The van der Waals surface area contributed by atoms with E-state index in [-0.39, 0.29) is 30.3 Å². The summed E-state index contributed by atoms with van der Waals surface area (Å²) in [7, 11) is 0. The van der Waals surface area contributed by atoms with Gasteiger partial charge in [-0.05, 0) is 49.2 Å². The van der Waals surface area contributed by atoms with Gasteiger partial charge in [-0.1, -0.05) is 18.2 Å². The molecular formula is C20H20FN3O2. The Bertz CT molecular complexity index is 852. The molecule has 0 aliphatic carbocycles. The maximum atomic E-state index is 13.1. The lowest BCUT2D eigenvalue weighted by molar-refractivity contribution is -0.119. The number of fused-ring (bicyclic) bond motifs is 1. The van der Waals surface area contributed by atoms with E-state index in [2.05, 4.69) is 0 Å². The summed E-state index contributed by atoms with van der Waals surface area (Å²) >= 11 is 0. The van der Waals surface area contributed by atoms with Gasteiger partial charge in [0.2, 0.25) is 5.91 Å². The number of urea groups is 1. The van der Waals surface area contributed by atoms with E-state index in [0.717, 1.165) is 17.7 Å². The molecule has 134 valence electrons. The van der Waals surface area contributed by atoms with E-state index in [0.29, 0.717) is 18.8 Å². The summed E-state index contributed by atoms with van der Waals surface area (Å²) < 4.78 is 13.1. The fourth-order valence-corrected chi connectivity index (χ4v) is 3.78. The monoisotopic (exact) mass is 353 g/mol. The molecule has 3 amide bonds. The normalized spacial score (nSPS) is 19.2. The van der Waals surface area contributed by atoms with Crippen molar-refractivity contribution in [2.45, 2.75) is 19.4 Å². The third-order valence-corrected chi connectivity index (χ3v) is 5.04. The number of hydrogen-bond acceptors (Lipinski definition) is 2. The van der Waals surface area contributed by atoms with Crippen molar-refractivity contribution in [3.8, 4) is 0 Å². The van der Waals surface area contributed by atoms with Crippen LogP contribution in [-0.4, -0.2) is 42.5 Å². The highest BCUT2D eigenvalue weighted by Crippen LogP contribution is 2.32. The highest BCUT2D eigenvalue weighted by atomic mass is 19.1. The highest BCUT2D eigenvalue weighted by Gasteiger charge is 2.35. The standard InChI is InChI=1S/C20H20FN3O2/c1-14-12-15-4-2-3-5-18(15)24(14)19(25)13-22-10-11-23(20(22)26)17-8-6-16(21)7-9-17/h2-9,14H,10-13H2,1H3. The van der Waals surface area contributed by atoms with Crippen LogP contribution in [0.2, 0.25) is 0 Å². The van der Waals surface area contributed by atoms with Crippen molar-refractivity contribution >= 4 is 23.3 Å². The van der Waals surface area contributed by atoms with E-state index >= 15 is 0 Å². The number of hydrogen-bond donors (Lipinski definition) is 0. The fraction of sp³-hybridized carbons (Fsp3) is 0.300. The molecular weight excluding hydrogens is 333 g/mol. The summed E-state index contributed by atoms with van der Waals surface area (Å²) in [6.45, 7) is 3.04. The van der Waals surface area contributed by atoms with Gasteiger partial charge in [0.15, 0.2) is 0 Å². The van der Waals surface area contributed by atoms with Crippen molar-refractivity contribution in [3.05, 3.63) is 59.9 Å². The number of amides is 3. The van der Waals surface area contributed by atoms with Crippen molar-refractivity contribution in [1.29, 1.82) is 0 Å². The quantitative estimate of drug-likeness (QED) is 0.851. The largest absolute Gasteiger partial charge is 0.325 e. The lowest BCUT2D eigenvalue weighted by atomic mass is 10.1. The van der Waals surface area contributed by atoms with Crippen LogP contribution in [0, 0.1) is 5.82 Å². The van der Waals surface area contributed by atoms with Gasteiger partial charge in [-0.3, -0.25) is 9.69 Å². The summed E-state index contributed by atoms with van der Waals surface area (Å²) in [6, 6.07) is 13.6. The average molecular weight is 353 g/mol. The maximum Gasteiger partial charge on any atom is 0.325 e. The Kier molecular flexibility index (Phi) is 4.11. The van der Waals surface area contributed by atoms with Gasteiger partial charge in [-0.25, -0.2) is 9.18 Å². The molecule has 0 aromatic heterocycles. The van der Waals surface area contributed by atoms with Crippen molar-refractivity contribution in [3.63, 3.8) is 0 Å². The molecule has 5 nitrogen and oxygen atoms in total. The van der Waals surface area contributed by atoms with Crippen molar-refractivity contribution in [1.82, 2.24) is 4.90 Å². The number of para-hydroxylation sites is 1. The Morgan fingerprint density at radius 3 is 2.62 bits per heavy atom. The first kappa shape index (κ1) is 16.6. The van der Waals surface area contributed by atoms with Gasteiger partial charge in [0.1, 0.15) is 12.4 Å². The molecule has 0 bridgehead atoms. The Morgan fingerprint density at radius 1 is 1.12 bits per heavy atom. The molecule has 1 unspecified atom stereocenters. The smallest absolute Gasteiger partial charge is 0.313 e. The first-order valence-corrected chi connectivity index (χ1v) is 8.76. The molecule has 0 spiro atoms. The van der Waals surface area contributed by atoms with Crippen LogP contribution in [0.15, 0.2) is 48.5 Å². The molecule has 2 aromatic rings. The SMILES string of the molecule is CC1Cc2ccccc2N1C(=O)CN1CCN(c2ccc(F)cc2)C1=O. The van der Waals surface area contributed by atoms with E-state index in [9.17, 15) is 14.0 Å². The molecule has 1 fully saturated rings. The number of halogens is 1. The van der Waals surface area contributed by atoms with Crippen molar-refractivity contribution in [2.24, 2.45) is 0 Å². The molecule has 0 saturated carbocycles. The second-order valence-electron chi connectivity index (χ2n) is 6.78. The van der Waals surface area contributed by atoms with Crippen LogP contribution in [0.3, 0.4) is 0 Å². The second kappa shape index (κ2) is 6.44. The Balaban J connectivity index is 1.47. The summed E-state index contributed by atoms with van der Waals surface area (Å²) in [5.41, 5.74) is 2.74. The number of anilines is 2. The van der Waals surface area contributed by atoms with Crippen molar-refractivity contribution < 1.29 is 14.0 Å². The van der Waals surface area contributed by atoms with E-state index in [1.54, 1.807) is 26.8 Å². The zero-order valence-electron chi connectivity index (χ0n) is 14.6. The fourth-order valence-electron chi connectivity index (χ4n) is 3.78. The predicted octanol–water partition coefficient (Wildman–Crippen LogP) is 3.05. The van der Waals surface area contributed by atoms with Crippen molar-refractivity contribution in [2.75, 3.05) is 29.4 Å². The summed E-state index contributed by atoms with van der Waals surface area (Å²) in [5.74, 6) is -0.411. The Morgan fingerprint density at radius 2 is 1.85 bits per heavy atom. The van der Waals surface area contributed by atoms with E-state index in [1.165, 1.54) is 12.1 Å². The zero-order chi connectivity index (χ0) is 18.3. The van der Waals surface area contributed by atoms with Gasteiger partial charge in [0, 0.05) is 30.5 Å². The van der Waals surface area contributed by atoms with E-state index in [4.69, 9.17) is 0 Å². The number of benzene rings is 2. The average Bonchev–Trinajstić information content (AvgIpc) is 3.15. The first-order valence-electron chi connectivity index (χ1n) is 8.76. The van der Waals surface area contributed by atoms with Crippen LogP contribution in [0.25, 0.3) is 0 Å². The molecule has 26 heavy (non-hydrogen) atoms. The third kappa shape index (κ3) is 2.81. The van der Waals surface area contributed by atoms with Crippen LogP contribution in [-0.2, 0) is 11.2 Å². The van der Waals surface area contributed by atoms with Crippen LogP contribution in [0.4, 0.5) is 20.6 Å². The first-order chi connectivity index (χ1) is 12.5. The van der Waals surface area contributed by atoms with Gasteiger partial charge in [0.05, 0.1) is 0 Å². The molecule has 2 heterocycles. The van der Waals surface area contributed by atoms with E-state index < -0.39 is 0 Å². The van der Waals surface area contributed by atoms with Crippen LogP contribution < -0.4 is 9.80 Å². The summed E-state index contributed by atoms with van der Waals surface area (Å²) in [4.78, 5) is 30.5. The highest BCUT2D eigenvalue weighted by molar-refractivity contribution is 6.01. The van der Waals surface area contributed by atoms with Gasteiger partial charge in [0.25, 0.3) is 0 Å². The third-order valence-electron chi connectivity index (χ3n) is 5.04. The Hall–Kier alpha value is -2.89. The second-order valence-corrected chi connectivity index (χ2v) is 6.78. The predicted molar refractivity (Wildman–Crippen MR) is 97.8 cm³/mol. The molecule has 0 radical (unpaired) electrons. The molecule has 6 heteroatoms. The maximum absolute atomic E-state index is 13.1. The lowest BCUT2D eigenvalue weighted by Gasteiger charge is -2.25. The van der Waals surface area contributed by atoms with Gasteiger partial charge >= 0.3 is 6.03 Å². The topological polar surface area (TPSA) is 43.9 Å². The molecule has 0 N–H and O–H groups in total. The molecule has 2 aliphatic heterocycles. The molecule has 2 aromatic carbocycles. The molecule has 4 rings (SSSR count). The molecule has 2 aliphatic rings. The number of carbonyl (C=O) groups excluding carboxylic acids is 2. The van der Waals surface area contributed by atoms with E-state index in [1.807, 2.05) is 31.2 Å². The number of carbonyl (C=O) groups is 2. The number of nitrogens with zero attached hydrogens (tertiary/aromatic N) is 3. The minimum atomic E-state index is -0.339. The molecule has 1 saturated heterocycles. The number of rotatable bonds is 3. The summed E-state index contributed by atoms with van der Waals surface area (Å²) in [5, 5.41) is 0. The minimum absolute atomic E-state index is 0.0508. The van der Waals surface area contributed by atoms with Gasteiger partial charge in [-0.2, -0.15) is 0 Å². The Labute approximate surface area is 151 Å². The zero-order valence-corrected chi connectivity index (χ0v) is 14.6.